The molecule has 126 valence electrons. The van der Waals surface area contributed by atoms with Crippen LogP contribution in [0.2, 0.25) is 5.02 Å². The summed E-state index contributed by atoms with van der Waals surface area (Å²) < 4.78 is 38.1. The summed E-state index contributed by atoms with van der Waals surface area (Å²) in [5.74, 6) is -0.123. The van der Waals surface area contributed by atoms with Gasteiger partial charge in [-0.1, -0.05) is 11.6 Å². The minimum absolute atomic E-state index is 0.0231. The number of benzene rings is 2. The van der Waals surface area contributed by atoms with Gasteiger partial charge in [-0.3, -0.25) is 4.79 Å². The minimum atomic E-state index is -4.54. The van der Waals surface area contributed by atoms with Crippen LogP contribution >= 0.6 is 11.6 Å². The van der Waals surface area contributed by atoms with Gasteiger partial charge in [0, 0.05) is 11.3 Å². The van der Waals surface area contributed by atoms with Gasteiger partial charge in [-0.15, -0.1) is 0 Å². The first-order valence-electron chi connectivity index (χ1n) is 6.72. The van der Waals surface area contributed by atoms with Crippen molar-refractivity contribution in [3.63, 3.8) is 0 Å². The molecule has 4 nitrogen and oxygen atoms in total. The van der Waals surface area contributed by atoms with Crippen LogP contribution in [-0.4, -0.2) is 11.8 Å². The lowest BCUT2D eigenvalue weighted by molar-refractivity contribution is -0.137. The molecule has 0 aliphatic heterocycles. The van der Waals surface area contributed by atoms with E-state index in [1.54, 1.807) is 0 Å². The Hall–Kier alpha value is -2.54. The fourth-order valence-electron chi connectivity index (χ4n) is 1.87. The smallest absolute Gasteiger partial charge is 0.308 e. The molecule has 2 aromatic rings. The predicted molar refractivity (Wildman–Crippen MR) is 85.5 cm³/mol. The number of ketones is 1. The zero-order chi connectivity index (χ0) is 17.9. The molecule has 0 unspecified atom stereocenters. The summed E-state index contributed by atoms with van der Waals surface area (Å²) in [6, 6.07) is 7.93. The first kappa shape index (κ1) is 17.8. The lowest BCUT2D eigenvalue weighted by atomic mass is 10.1. The molecule has 0 aromatic heterocycles. The van der Waals surface area contributed by atoms with E-state index < -0.39 is 17.8 Å². The number of rotatable bonds is 3. The second-order valence-corrected chi connectivity index (χ2v) is 5.31. The van der Waals surface area contributed by atoms with Crippen LogP contribution in [0, 0.1) is 0 Å². The van der Waals surface area contributed by atoms with Gasteiger partial charge in [0.05, 0.1) is 16.3 Å². The molecule has 0 saturated carbocycles. The molecule has 0 aliphatic carbocycles. The number of urea groups is 1. The van der Waals surface area contributed by atoms with Gasteiger partial charge in [0.25, 0.3) is 0 Å². The molecular weight excluding hydrogens is 345 g/mol. The molecular formula is C16H12ClF3N2O2. The summed E-state index contributed by atoms with van der Waals surface area (Å²) in [4.78, 5) is 23.0. The number of hydrogen-bond acceptors (Lipinski definition) is 2. The van der Waals surface area contributed by atoms with Crippen LogP contribution in [0.15, 0.2) is 42.5 Å². The fraction of sp³-hybridized carbons (Fsp3) is 0.125. The van der Waals surface area contributed by atoms with Crippen molar-refractivity contribution in [1.29, 1.82) is 0 Å². The van der Waals surface area contributed by atoms with E-state index in [2.05, 4.69) is 10.6 Å². The first-order chi connectivity index (χ1) is 11.2. The van der Waals surface area contributed by atoms with Crippen LogP contribution in [0.1, 0.15) is 22.8 Å². The molecule has 0 heterocycles. The van der Waals surface area contributed by atoms with Crippen LogP contribution in [-0.2, 0) is 6.18 Å². The van der Waals surface area contributed by atoms with E-state index in [-0.39, 0.29) is 16.5 Å². The standard InChI is InChI=1S/C16H12ClF3N2O2/c1-9(23)10-2-5-12(6-3-10)21-15(24)22-14-8-11(16(18,19)20)4-7-13(14)17/h2-8H,1H3,(H2,21,22,24). The maximum atomic E-state index is 12.7. The SMILES string of the molecule is CC(=O)c1ccc(NC(=O)Nc2cc(C(F)(F)F)ccc2Cl)cc1. The zero-order valence-electron chi connectivity index (χ0n) is 12.4. The van der Waals surface area contributed by atoms with Gasteiger partial charge in [0.1, 0.15) is 0 Å². The zero-order valence-corrected chi connectivity index (χ0v) is 13.1. The largest absolute Gasteiger partial charge is 0.416 e. The van der Waals surface area contributed by atoms with Gasteiger partial charge < -0.3 is 10.6 Å². The number of carbonyl (C=O) groups excluding carboxylic acids is 2. The Morgan fingerprint density at radius 3 is 2.17 bits per heavy atom. The molecule has 0 spiro atoms. The molecule has 0 saturated heterocycles. The molecule has 2 amide bonds. The van der Waals surface area contributed by atoms with Crippen molar-refractivity contribution in [3.8, 4) is 0 Å². The fourth-order valence-corrected chi connectivity index (χ4v) is 2.04. The number of carbonyl (C=O) groups is 2. The van der Waals surface area contributed by atoms with Gasteiger partial charge in [0.2, 0.25) is 0 Å². The third-order valence-electron chi connectivity index (χ3n) is 3.09. The van der Waals surface area contributed by atoms with E-state index in [9.17, 15) is 22.8 Å². The molecule has 0 atom stereocenters. The van der Waals surface area contributed by atoms with Crippen molar-refractivity contribution in [2.45, 2.75) is 13.1 Å². The third-order valence-corrected chi connectivity index (χ3v) is 3.42. The highest BCUT2D eigenvalue weighted by molar-refractivity contribution is 6.33. The third kappa shape index (κ3) is 4.48. The lowest BCUT2D eigenvalue weighted by Crippen LogP contribution is -2.20. The maximum absolute atomic E-state index is 12.7. The maximum Gasteiger partial charge on any atom is 0.416 e. The Morgan fingerprint density at radius 2 is 1.62 bits per heavy atom. The summed E-state index contributed by atoms with van der Waals surface area (Å²) >= 11 is 5.80. The van der Waals surface area contributed by atoms with Crippen molar-refractivity contribution < 1.29 is 22.8 Å². The number of nitrogens with one attached hydrogen (secondary N) is 2. The van der Waals surface area contributed by atoms with Crippen molar-refractivity contribution >= 4 is 34.8 Å². The second kappa shape index (κ2) is 6.92. The molecule has 0 radical (unpaired) electrons. The van der Waals surface area contributed by atoms with Crippen molar-refractivity contribution in [2.75, 3.05) is 10.6 Å². The summed E-state index contributed by atoms with van der Waals surface area (Å²) in [7, 11) is 0. The van der Waals surface area contributed by atoms with Crippen LogP contribution < -0.4 is 10.6 Å². The summed E-state index contributed by atoms with van der Waals surface area (Å²) in [6.07, 6.45) is -4.54. The molecule has 2 N–H and O–H groups in total. The number of halogens is 4. The number of amides is 2. The molecule has 0 fully saturated rings. The Balaban J connectivity index is 2.11. The number of Topliss-reactive ketones (excluding diaryl/α,β-unsaturated/α-hetero) is 1. The van der Waals surface area contributed by atoms with Crippen LogP contribution in [0.5, 0.6) is 0 Å². The van der Waals surface area contributed by atoms with Crippen LogP contribution in [0.25, 0.3) is 0 Å². The van der Waals surface area contributed by atoms with Gasteiger partial charge in [-0.2, -0.15) is 13.2 Å². The summed E-state index contributed by atoms with van der Waals surface area (Å²) in [5.41, 5.74) is -0.236. The van der Waals surface area contributed by atoms with Gasteiger partial charge in [-0.25, -0.2) is 4.79 Å². The molecule has 0 bridgehead atoms. The van der Waals surface area contributed by atoms with E-state index in [4.69, 9.17) is 11.6 Å². The topological polar surface area (TPSA) is 58.2 Å². The Kier molecular flexibility index (Phi) is 5.14. The average Bonchev–Trinajstić information content (AvgIpc) is 2.48. The molecule has 24 heavy (non-hydrogen) atoms. The number of hydrogen-bond donors (Lipinski definition) is 2. The summed E-state index contributed by atoms with van der Waals surface area (Å²) in [5, 5.41) is 4.68. The molecule has 2 rings (SSSR count). The van der Waals surface area contributed by atoms with E-state index in [0.717, 1.165) is 18.2 Å². The van der Waals surface area contributed by atoms with E-state index in [1.165, 1.54) is 31.2 Å². The number of anilines is 2. The molecule has 8 heteroatoms. The van der Waals surface area contributed by atoms with Crippen molar-refractivity contribution in [1.82, 2.24) is 0 Å². The van der Waals surface area contributed by atoms with Gasteiger partial charge >= 0.3 is 12.2 Å². The normalized spacial score (nSPS) is 11.0. The highest BCUT2D eigenvalue weighted by atomic mass is 35.5. The Bertz CT molecular complexity index is 774. The van der Waals surface area contributed by atoms with Gasteiger partial charge in [-0.05, 0) is 49.4 Å². The molecule has 2 aromatic carbocycles. The highest BCUT2D eigenvalue weighted by Crippen LogP contribution is 2.33. The van der Waals surface area contributed by atoms with E-state index in [0.29, 0.717) is 11.3 Å². The number of alkyl halides is 3. The lowest BCUT2D eigenvalue weighted by Gasteiger charge is -2.12. The predicted octanol–water partition coefficient (Wildman–Crippen LogP) is 5.21. The first-order valence-corrected chi connectivity index (χ1v) is 7.10. The average molecular weight is 357 g/mol. The Labute approximate surface area is 140 Å². The van der Waals surface area contributed by atoms with Crippen LogP contribution in [0.3, 0.4) is 0 Å². The summed E-state index contributed by atoms with van der Waals surface area (Å²) in [6.45, 7) is 1.41. The second-order valence-electron chi connectivity index (χ2n) is 4.91. The van der Waals surface area contributed by atoms with Gasteiger partial charge in [0.15, 0.2) is 5.78 Å². The quantitative estimate of drug-likeness (QED) is 0.742. The van der Waals surface area contributed by atoms with Crippen LogP contribution in [0.4, 0.5) is 29.3 Å². The monoisotopic (exact) mass is 356 g/mol. The van der Waals surface area contributed by atoms with Crippen molar-refractivity contribution in [2.24, 2.45) is 0 Å². The van der Waals surface area contributed by atoms with E-state index in [1.807, 2.05) is 0 Å². The van der Waals surface area contributed by atoms with Crippen molar-refractivity contribution in [3.05, 3.63) is 58.6 Å². The minimum Gasteiger partial charge on any atom is -0.308 e. The Morgan fingerprint density at radius 1 is 1.00 bits per heavy atom. The molecule has 0 aliphatic rings. The van der Waals surface area contributed by atoms with E-state index >= 15 is 0 Å². The highest BCUT2D eigenvalue weighted by Gasteiger charge is 2.31.